The molecule has 1 atom stereocenters. The molecule has 2 rings (SSSR count). The van der Waals surface area contributed by atoms with Gasteiger partial charge in [0.1, 0.15) is 6.04 Å². The van der Waals surface area contributed by atoms with Gasteiger partial charge >= 0.3 is 0 Å². The van der Waals surface area contributed by atoms with Crippen LogP contribution in [-0.2, 0) is 4.79 Å². The van der Waals surface area contributed by atoms with Crippen LogP contribution >= 0.6 is 0 Å². The van der Waals surface area contributed by atoms with Crippen LogP contribution in [0.2, 0.25) is 0 Å². The van der Waals surface area contributed by atoms with E-state index in [1.807, 2.05) is 38.1 Å². The number of carbonyl (C=O) groups is 1. The second kappa shape index (κ2) is 6.64. The molecule has 0 saturated carbocycles. The maximum absolute atomic E-state index is 12.4. The minimum atomic E-state index is -0.175. The first-order valence-electron chi connectivity index (χ1n) is 7.40. The van der Waals surface area contributed by atoms with Crippen LogP contribution in [0.4, 0.5) is 11.4 Å². The average molecular weight is 275 g/mol. The van der Waals surface area contributed by atoms with Crippen LogP contribution in [0.15, 0.2) is 24.3 Å². The van der Waals surface area contributed by atoms with Gasteiger partial charge in [0, 0.05) is 38.6 Å². The van der Waals surface area contributed by atoms with E-state index < -0.39 is 0 Å². The molecule has 1 aromatic rings. The smallest absolute Gasteiger partial charge is 0.244 e. The second-order valence-electron chi connectivity index (χ2n) is 5.70. The predicted octanol–water partition coefficient (Wildman–Crippen LogP) is 2.57. The van der Waals surface area contributed by atoms with E-state index >= 15 is 0 Å². The first kappa shape index (κ1) is 14.7. The molecule has 20 heavy (non-hydrogen) atoms. The van der Waals surface area contributed by atoms with E-state index in [1.54, 1.807) is 0 Å². The number of benzene rings is 1. The number of carbonyl (C=O) groups excluding carboxylic acids is 1. The predicted molar refractivity (Wildman–Crippen MR) is 84.3 cm³/mol. The largest absolute Gasteiger partial charge is 0.378 e. The van der Waals surface area contributed by atoms with Crippen LogP contribution in [0, 0.1) is 0 Å². The summed E-state index contributed by atoms with van der Waals surface area (Å²) in [6.07, 6.45) is 3.51. The SMILES string of the molecule is CC(Nc1cccc(N(C)C)c1)C(=O)N1CCCCC1. The summed E-state index contributed by atoms with van der Waals surface area (Å²) in [6.45, 7) is 3.75. The third kappa shape index (κ3) is 3.65. The summed E-state index contributed by atoms with van der Waals surface area (Å²) >= 11 is 0. The van der Waals surface area contributed by atoms with Crippen molar-refractivity contribution in [3.8, 4) is 0 Å². The molecule has 1 N–H and O–H groups in total. The van der Waals surface area contributed by atoms with Crippen molar-refractivity contribution < 1.29 is 4.79 Å². The number of nitrogens with zero attached hydrogens (tertiary/aromatic N) is 2. The van der Waals surface area contributed by atoms with Gasteiger partial charge in [-0.05, 0) is 44.4 Å². The third-order valence-electron chi connectivity index (χ3n) is 3.78. The Kier molecular flexibility index (Phi) is 4.88. The molecule has 1 saturated heterocycles. The summed E-state index contributed by atoms with van der Waals surface area (Å²) in [5.74, 6) is 0.208. The van der Waals surface area contributed by atoms with E-state index in [0.717, 1.165) is 37.3 Å². The standard InChI is InChI=1S/C16H25N3O/c1-13(16(20)19-10-5-4-6-11-19)17-14-8-7-9-15(12-14)18(2)3/h7-9,12-13,17H,4-6,10-11H2,1-3H3. The lowest BCUT2D eigenvalue weighted by Crippen LogP contribution is -2.43. The molecule has 4 nitrogen and oxygen atoms in total. The van der Waals surface area contributed by atoms with Crippen molar-refractivity contribution in [3.05, 3.63) is 24.3 Å². The van der Waals surface area contributed by atoms with Crippen molar-refractivity contribution in [1.82, 2.24) is 4.90 Å². The molecule has 4 heteroatoms. The van der Waals surface area contributed by atoms with Gasteiger partial charge in [-0.25, -0.2) is 0 Å². The highest BCUT2D eigenvalue weighted by Gasteiger charge is 2.21. The molecule has 110 valence electrons. The Balaban J connectivity index is 1.97. The second-order valence-corrected chi connectivity index (χ2v) is 5.70. The molecule has 0 bridgehead atoms. The number of amides is 1. The highest BCUT2D eigenvalue weighted by molar-refractivity contribution is 5.84. The van der Waals surface area contributed by atoms with E-state index in [4.69, 9.17) is 0 Å². The summed E-state index contributed by atoms with van der Waals surface area (Å²) in [7, 11) is 4.03. The maximum atomic E-state index is 12.4. The fourth-order valence-corrected chi connectivity index (χ4v) is 2.57. The number of nitrogens with one attached hydrogen (secondary N) is 1. The molecular weight excluding hydrogens is 250 g/mol. The van der Waals surface area contributed by atoms with Gasteiger partial charge in [0.2, 0.25) is 5.91 Å². The van der Waals surface area contributed by atoms with E-state index in [9.17, 15) is 4.79 Å². The Morgan fingerprint density at radius 3 is 2.60 bits per heavy atom. The average Bonchev–Trinajstić information content (AvgIpc) is 2.47. The molecule has 1 fully saturated rings. The van der Waals surface area contributed by atoms with E-state index in [1.165, 1.54) is 6.42 Å². The van der Waals surface area contributed by atoms with Gasteiger partial charge in [-0.1, -0.05) is 6.07 Å². The fraction of sp³-hybridized carbons (Fsp3) is 0.562. The van der Waals surface area contributed by atoms with Crippen molar-refractivity contribution in [2.24, 2.45) is 0 Å². The van der Waals surface area contributed by atoms with Crippen LogP contribution in [-0.4, -0.2) is 44.0 Å². The van der Waals surface area contributed by atoms with Crippen molar-refractivity contribution in [2.75, 3.05) is 37.4 Å². The first-order valence-corrected chi connectivity index (χ1v) is 7.40. The number of hydrogen-bond acceptors (Lipinski definition) is 3. The topological polar surface area (TPSA) is 35.6 Å². The quantitative estimate of drug-likeness (QED) is 0.917. The lowest BCUT2D eigenvalue weighted by Gasteiger charge is -2.30. The fourth-order valence-electron chi connectivity index (χ4n) is 2.57. The Morgan fingerprint density at radius 2 is 1.95 bits per heavy atom. The molecule has 0 aromatic heterocycles. The summed E-state index contributed by atoms with van der Waals surface area (Å²) in [5, 5.41) is 3.32. The molecule has 1 aliphatic rings. The van der Waals surface area contributed by atoms with Gasteiger partial charge in [0.05, 0.1) is 0 Å². The Hall–Kier alpha value is -1.71. The van der Waals surface area contributed by atoms with Gasteiger partial charge < -0.3 is 15.1 Å². The molecule has 0 radical (unpaired) electrons. The van der Waals surface area contributed by atoms with Gasteiger partial charge in [-0.3, -0.25) is 4.79 Å². The Labute approximate surface area is 121 Å². The maximum Gasteiger partial charge on any atom is 0.244 e. The van der Waals surface area contributed by atoms with Gasteiger partial charge in [0.15, 0.2) is 0 Å². The number of likely N-dealkylation sites (tertiary alicyclic amines) is 1. The van der Waals surface area contributed by atoms with Crippen LogP contribution in [0.5, 0.6) is 0 Å². The zero-order chi connectivity index (χ0) is 14.5. The molecule has 0 aliphatic carbocycles. The van der Waals surface area contributed by atoms with Crippen LogP contribution in [0.25, 0.3) is 0 Å². The van der Waals surface area contributed by atoms with Crippen LogP contribution < -0.4 is 10.2 Å². The number of hydrogen-bond donors (Lipinski definition) is 1. The Bertz CT molecular complexity index is 453. The minimum Gasteiger partial charge on any atom is -0.378 e. The highest BCUT2D eigenvalue weighted by Crippen LogP contribution is 2.19. The van der Waals surface area contributed by atoms with Gasteiger partial charge in [-0.15, -0.1) is 0 Å². The molecule has 1 aliphatic heterocycles. The molecule has 1 aromatic carbocycles. The number of anilines is 2. The van der Waals surface area contributed by atoms with E-state index in [2.05, 4.69) is 22.3 Å². The molecule has 0 spiro atoms. The van der Waals surface area contributed by atoms with Crippen molar-refractivity contribution in [2.45, 2.75) is 32.2 Å². The zero-order valence-electron chi connectivity index (χ0n) is 12.7. The Morgan fingerprint density at radius 1 is 1.25 bits per heavy atom. The molecule has 1 unspecified atom stereocenters. The third-order valence-corrected chi connectivity index (χ3v) is 3.78. The van der Waals surface area contributed by atoms with Gasteiger partial charge in [0.25, 0.3) is 0 Å². The van der Waals surface area contributed by atoms with Crippen molar-refractivity contribution in [1.29, 1.82) is 0 Å². The lowest BCUT2D eigenvalue weighted by molar-refractivity contribution is -0.132. The molecule has 1 heterocycles. The van der Waals surface area contributed by atoms with Gasteiger partial charge in [-0.2, -0.15) is 0 Å². The first-order chi connectivity index (χ1) is 9.58. The normalized spacial score (nSPS) is 16.6. The monoisotopic (exact) mass is 275 g/mol. The molecular formula is C16H25N3O. The van der Waals surface area contributed by atoms with Crippen LogP contribution in [0.1, 0.15) is 26.2 Å². The summed E-state index contributed by atoms with van der Waals surface area (Å²) in [5.41, 5.74) is 2.13. The van der Waals surface area contributed by atoms with Crippen LogP contribution in [0.3, 0.4) is 0 Å². The number of rotatable bonds is 4. The zero-order valence-corrected chi connectivity index (χ0v) is 12.7. The molecule has 1 amide bonds. The minimum absolute atomic E-state index is 0.175. The van der Waals surface area contributed by atoms with E-state index in [0.29, 0.717) is 0 Å². The van der Waals surface area contributed by atoms with E-state index in [-0.39, 0.29) is 11.9 Å². The summed E-state index contributed by atoms with van der Waals surface area (Å²) in [4.78, 5) is 16.4. The van der Waals surface area contributed by atoms with Crippen molar-refractivity contribution in [3.63, 3.8) is 0 Å². The highest BCUT2D eigenvalue weighted by atomic mass is 16.2. The summed E-state index contributed by atoms with van der Waals surface area (Å²) in [6, 6.07) is 7.97. The summed E-state index contributed by atoms with van der Waals surface area (Å²) < 4.78 is 0. The lowest BCUT2D eigenvalue weighted by atomic mass is 10.1. The number of piperidine rings is 1. The van der Waals surface area contributed by atoms with Crippen molar-refractivity contribution >= 4 is 17.3 Å².